The third kappa shape index (κ3) is 112. The van der Waals surface area contributed by atoms with Crippen molar-refractivity contribution in [2.45, 2.75) is 370 Å². The van der Waals surface area contributed by atoms with Crippen LogP contribution in [0.1, 0.15) is 340 Å². The van der Waals surface area contributed by atoms with E-state index in [4.69, 9.17) is 5.11 Å². The molecule has 0 aromatic rings. The number of carbonyl (C=O) groups is 2. The minimum atomic E-state index is -4.02. The highest BCUT2D eigenvalue weighted by atomic mass is 19.4. The predicted molar refractivity (Wildman–Crippen MR) is 343 cm³/mol. The van der Waals surface area contributed by atoms with Gasteiger partial charge in [-0.25, -0.2) is 30.7 Å². The minimum Gasteiger partial charge on any atom is -0.481 e. The molecule has 0 heterocycles. The summed E-state index contributed by atoms with van der Waals surface area (Å²) in [6.45, 7) is 73.1. The van der Waals surface area contributed by atoms with Crippen LogP contribution in [0, 0.1) is 71.9 Å². The van der Waals surface area contributed by atoms with Gasteiger partial charge in [0.2, 0.25) is 18.3 Å². The summed E-state index contributed by atoms with van der Waals surface area (Å²) in [6, 6.07) is 0. The molecule has 1 aliphatic rings. The third-order valence-corrected chi connectivity index (χ3v) is 11.0. The second-order valence-electron chi connectivity index (χ2n) is 36.5. The smallest absolute Gasteiger partial charge is 0.389 e. The number of Topliss-reactive ketones (excluding diaryl/α,β-unsaturated/α-hetero) is 1. The maximum atomic E-state index is 13.0. The van der Waals surface area contributed by atoms with Crippen LogP contribution < -0.4 is 0 Å². The largest absolute Gasteiger partial charge is 0.481 e. The van der Waals surface area contributed by atoms with E-state index in [1.165, 1.54) is 26.2 Å². The lowest BCUT2D eigenvalue weighted by atomic mass is 9.78. The zero-order valence-electron chi connectivity index (χ0n) is 61.5. The molecule has 1 saturated carbocycles. The Bertz CT molecular complexity index is 1440. The summed E-state index contributed by atoms with van der Waals surface area (Å²) in [5, 5.41) is 8.55. The Hall–Kier alpha value is -1.56. The Kier molecular flexibility index (Phi) is 46.4. The number of halogens is 10. The molecule has 510 valence electrons. The van der Waals surface area contributed by atoms with Gasteiger partial charge in [0.1, 0.15) is 11.5 Å². The summed E-state index contributed by atoms with van der Waals surface area (Å²) < 4.78 is 120. The molecule has 0 aliphatic heterocycles. The summed E-state index contributed by atoms with van der Waals surface area (Å²) in [7, 11) is 0. The van der Waals surface area contributed by atoms with E-state index in [0.717, 1.165) is 44.9 Å². The molecule has 0 bridgehead atoms. The van der Waals surface area contributed by atoms with Crippen molar-refractivity contribution in [3.8, 4) is 0 Å². The lowest BCUT2D eigenvalue weighted by molar-refractivity contribution is -0.152. The third-order valence-electron chi connectivity index (χ3n) is 11.0. The fraction of sp³-hybridized carbons (Fsp3) is 0.971. The molecular formula is C70H142F10O3. The number of carboxylic acids is 1. The van der Waals surface area contributed by atoms with Crippen molar-refractivity contribution in [2.75, 3.05) is 0 Å². The van der Waals surface area contributed by atoms with Crippen LogP contribution in [0.15, 0.2) is 0 Å². The first-order chi connectivity index (χ1) is 35.3. The van der Waals surface area contributed by atoms with E-state index in [2.05, 4.69) is 118 Å². The summed E-state index contributed by atoms with van der Waals surface area (Å²) >= 11 is 0. The first-order valence-electron chi connectivity index (χ1n) is 30.9. The first-order valence-corrected chi connectivity index (χ1v) is 30.9. The molecule has 3 atom stereocenters. The zero-order valence-corrected chi connectivity index (χ0v) is 61.5. The SMILES string of the molecule is CC(=O)[C@@H](C)CC(C)(C)C.CC(C)(C)CC(C)(C)C.CC(C)(C)CC(C)(F)F.CC(C)(C)CC(F)(F)F.CC(C)(C)CC(F)F.CC(C)(C)CC1(F)CC1.CCC(F)(F)CC(C)(C)C.CC[C@@H](C)CC(C)(C)C.C[C@@H](CC(C)(C)C)C(=O)O. The van der Waals surface area contributed by atoms with E-state index in [0.29, 0.717) is 22.0 Å². The van der Waals surface area contributed by atoms with Gasteiger partial charge in [-0.15, -0.1) is 0 Å². The number of rotatable bonds is 11. The van der Waals surface area contributed by atoms with E-state index in [9.17, 15) is 53.5 Å². The normalized spacial score (nSPS) is 15.3. The molecule has 1 fully saturated rings. The maximum absolute atomic E-state index is 13.0. The van der Waals surface area contributed by atoms with Gasteiger partial charge in [-0.2, -0.15) is 13.2 Å². The van der Waals surface area contributed by atoms with E-state index in [-0.39, 0.29) is 70.0 Å². The number of carboxylic acid groups (broad SMARTS) is 1. The van der Waals surface area contributed by atoms with Crippen molar-refractivity contribution in [1.82, 2.24) is 0 Å². The van der Waals surface area contributed by atoms with E-state index in [1.807, 2.05) is 69.2 Å². The number of hydrogen-bond acceptors (Lipinski definition) is 2. The van der Waals surface area contributed by atoms with Crippen LogP contribution in [0.25, 0.3) is 0 Å². The predicted octanol–water partition coefficient (Wildman–Crippen LogP) is 26.9. The first kappa shape index (κ1) is 97.7. The van der Waals surface area contributed by atoms with Crippen LogP contribution in [0.2, 0.25) is 0 Å². The monoisotopic (exact) mass is 1220 g/mol. The van der Waals surface area contributed by atoms with Gasteiger partial charge < -0.3 is 5.11 Å². The van der Waals surface area contributed by atoms with Crippen molar-refractivity contribution in [3.05, 3.63) is 0 Å². The molecule has 1 rings (SSSR count). The maximum Gasteiger partial charge on any atom is 0.389 e. The quantitative estimate of drug-likeness (QED) is 0.210. The van der Waals surface area contributed by atoms with Crippen molar-refractivity contribution in [3.63, 3.8) is 0 Å². The lowest BCUT2D eigenvalue weighted by Gasteiger charge is -2.28. The molecule has 0 saturated heterocycles. The minimum absolute atomic E-state index is 0.00694. The highest BCUT2D eigenvalue weighted by Crippen LogP contribution is 2.48. The molecular weight excluding hydrogens is 1080 g/mol. The van der Waals surface area contributed by atoms with Crippen LogP contribution in [-0.2, 0) is 9.59 Å². The van der Waals surface area contributed by atoms with Gasteiger partial charge in [-0.05, 0) is 119 Å². The Labute approximate surface area is 510 Å². The van der Waals surface area contributed by atoms with Gasteiger partial charge in [0.15, 0.2) is 0 Å². The Balaban J connectivity index is -0.000000127. The van der Waals surface area contributed by atoms with Crippen molar-refractivity contribution < 1.29 is 58.6 Å². The Morgan fingerprint density at radius 2 is 0.711 bits per heavy atom. The zero-order chi connectivity index (χ0) is 69.7. The number of carbonyl (C=O) groups excluding carboxylic acids is 1. The van der Waals surface area contributed by atoms with Gasteiger partial charge in [0.25, 0.3) is 0 Å². The van der Waals surface area contributed by atoms with Gasteiger partial charge in [0, 0.05) is 38.0 Å². The molecule has 1 N–H and O–H groups in total. The van der Waals surface area contributed by atoms with Crippen molar-refractivity contribution >= 4 is 11.8 Å². The van der Waals surface area contributed by atoms with Gasteiger partial charge in [0.05, 0.1) is 5.92 Å². The van der Waals surface area contributed by atoms with Crippen LogP contribution in [0.3, 0.4) is 0 Å². The second kappa shape index (κ2) is 39.4. The van der Waals surface area contributed by atoms with Crippen LogP contribution >= 0.6 is 0 Å². The molecule has 3 nitrogen and oxygen atoms in total. The van der Waals surface area contributed by atoms with E-state index >= 15 is 0 Å². The number of alkyl halides is 10. The fourth-order valence-corrected chi connectivity index (χ4v) is 9.01. The van der Waals surface area contributed by atoms with Gasteiger partial charge in [-0.1, -0.05) is 249 Å². The molecule has 0 aromatic carbocycles. The fourth-order valence-electron chi connectivity index (χ4n) is 9.01. The van der Waals surface area contributed by atoms with Crippen LogP contribution in [0.5, 0.6) is 0 Å². The number of aliphatic carboxylic acids is 1. The Morgan fingerprint density at radius 3 is 0.771 bits per heavy atom. The molecule has 83 heavy (non-hydrogen) atoms. The molecule has 0 aromatic heterocycles. The summed E-state index contributed by atoms with van der Waals surface area (Å²) in [6.07, 6.45) is 1.02. The molecule has 0 radical (unpaired) electrons. The highest BCUT2D eigenvalue weighted by molar-refractivity contribution is 5.77. The summed E-state index contributed by atoms with van der Waals surface area (Å²) in [4.78, 5) is 21.2. The molecule has 13 heteroatoms. The Morgan fingerprint density at radius 1 is 0.422 bits per heavy atom. The number of ketones is 1. The average Bonchev–Trinajstić information content (AvgIpc) is 3.79. The highest BCUT2D eigenvalue weighted by Gasteiger charge is 2.45. The summed E-state index contributed by atoms with van der Waals surface area (Å²) in [5.74, 6) is -4.49. The summed E-state index contributed by atoms with van der Waals surface area (Å²) in [5.41, 5.74) is -0.0947. The van der Waals surface area contributed by atoms with Gasteiger partial charge >= 0.3 is 12.1 Å². The lowest BCUT2D eigenvalue weighted by Crippen LogP contribution is -2.22. The number of hydrogen-bond donors (Lipinski definition) is 1. The van der Waals surface area contributed by atoms with Gasteiger partial charge in [-0.3, -0.25) is 9.59 Å². The van der Waals surface area contributed by atoms with E-state index < -0.39 is 47.9 Å². The average molecular weight is 1220 g/mol. The second-order valence-corrected chi connectivity index (χ2v) is 36.5. The molecule has 0 amide bonds. The van der Waals surface area contributed by atoms with E-state index in [1.54, 1.807) is 55.4 Å². The van der Waals surface area contributed by atoms with Crippen LogP contribution in [0.4, 0.5) is 43.9 Å². The van der Waals surface area contributed by atoms with Crippen molar-refractivity contribution in [1.29, 1.82) is 0 Å². The molecule has 1 aliphatic carbocycles. The standard InChI is InChI=1S/C9H18O.2C9H20.C8H16F2.C8H15F.C8H16O2.C7H14F2.C6H11F3.C6H12F2/c1-7(8(2)10)6-9(3,4)5;1-8(2,3)7-9(4,5)6;1-6-8(2)7-9(3,4)5;1-5-8(9,10)6-7(2,3)4;1-7(2,3)6-8(9)4-5-8;1-6(7(9)10)5-8(2,3)4;1-6(2,3)5-7(4,8)9;1-5(2,3)4-6(7,8)9;1-6(2,3)4-5(7)8/h7H,6H2,1-5H3;7H2,1-6H3;8H,6-7H2,1-5H3;5-6H2,1-4H3;4-6H2,1-3H3;6H,5H2,1-4H3,(H,9,10);5H2,1-4H3;4H2,1-3H3;5H,4H2,1-3H3/t7-;;8-;;;6-;;;/m0.1..0.../s1. The molecule has 0 spiro atoms. The topological polar surface area (TPSA) is 54.4 Å². The van der Waals surface area contributed by atoms with Crippen LogP contribution in [-0.4, -0.2) is 47.0 Å². The van der Waals surface area contributed by atoms with Crippen molar-refractivity contribution in [2.24, 2.45) is 71.9 Å². The molecule has 0 unspecified atom stereocenters.